The largest absolute Gasteiger partial charge is 0.302 e. The summed E-state index contributed by atoms with van der Waals surface area (Å²) in [6, 6.07) is 12.3. The molecule has 5 rings (SSSR count). The van der Waals surface area contributed by atoms with E-state index in [1.54, 1.807) is 4.68 Å². The number of benzene rings is 3. The average molecular weight is 485 g/mol. The summed E-state index contributed by atoms with van der Waals surface area (Å²) in [5.74, 6) is 0. The van der Waals surface area contributed by atoms with E-state index in [0.29, 0.717) is 11.9 Å². The highest BCUT2D eigenvalue weighted by Gasteiger charge is 2.24. The van der Waals surface area contributed by atoms with Gasteiger partial charge in [0.05, 0.1) is 24.2 Å². The van der Waals surface area contributed by atoms with E-state index in [9.17, 15) is 4.79 Å². The Bertz CT molecular complexity index is 1550. The Morgan fingerprint density at radius 3 is 2.11 bits per heavy atom. The summed E-state index contributed by atoms with van der Waals surface area (Å²) in [5.41, 5.74) is 2.72. The van der Waals surface area contributed by atoms with Crippen molar-refractivity contribution in [2.24, 2.45) is 5.10 Å². The zero-order valence-corrected chi connectivity index (χ0v) is 21.9. The summed E-state index contributed by atoms with van der Waals surface area (Å²) in [5, 5.41) is 17.7. The summed E-state index contributed by atoms with van der Waals surface area (Å²) in [6.07, 6.45) is 0. The topological polar surface area (TPSA) is 57.0 Å². The molecule has 0 saturated heterocycles. The molecule has 2 heterocycles. The maximum Gasteiger partial charge on any atom is 0.274 e. The van der Waals surface area contributed by atoms with Crippen molar-refractivity contribution in [1.82, 2.24) is 24.6 Å². The number of likely N-dealkylation sites (N-methyl/N-ethyl adjacent to an activating group) is 2. The molecule has 0 N–H and O–H groups in total. The van der Waals surface area contributed by atoms with Crippen LogP contribution in [-0.4, -0.2) is 70.4 Å². The second kappa shape index (κ2) is 9.99. The summed E-state index contributed by atoms with van der Waals surface area (Å²) in [4.78, 5) is 18.3. The summed E-state index contributed by atoms with van der Waals surface area (Å²) < 4.78 is 1.65. The summed E-state index contributed by atoms with van der Waals surface area (Å²) in [6.45, 7) is 20.0. The van der Waals surface area contributed by atoms with E-state index in [2.05, 4.69) is 56.2 Å². The Morgan fingerprint density at radius 2 is 1.44 bits per heavy atom. The lowest BCUT2D eigenvalue weighted by molar-refractivity contribution is 0.262. The maximum absolute atomic E-state index is 13.6. The molecule has 0 radical (unpaired) electrons. The van der Waals surface area contributed by atoms with Gasteiger partial charge in [-0.3, -0.25) is 9.80 Å². The molecule has 0 amide bonds. The van der Waals surface area contributed by atoms with E-state index in [4.69, 9.17) is 10.2 Å². The van der Waals surface area contributed by atoms with Crippen LogP contribution in [0.4, 0.5) is 0 Å². The maximum atomic E-state index is 13.6. The van der Waals surface area contributed by atoms with Crippen molar-refractivity contribution >= 4 is 38.1 Å². The van der Waals surface area contributed by atoms with Crippen LogP contribution < -0.4 is 10.9 Å². The molecule has 7 heteroatoms. The minimum atomic E-state index is -0.0444. The highest BCUT2D eigenvalue weighted by Crippen LogP contribution is 2.35. The van der Waals surface area contributed by atoms with Gasteiger partial charge in [-0.2, -0.15) is 10.2 Å². The predicted octanol–water partition coefficient (Wildman–Crippen LogP) is 3.93. The first-order valence-electron chi connectivity index (χ1n) is 13.2. The molecular weight excluding hydrogens is 448 g/mol. The minimum absolute atomic E-state index is 0.0444. The van der Waals surface area contributed by atoms with E-state index in [1.807, 2.05) is 29.3 Å². The summed E-state index contributed by atoms with van der Waals surface area (Å²) >= 11 is 0. The van der Waals surface area contributed by atoms with Gasteiger partial charge in [0.25, 0.3) is 5.56 Å². The second-order valence-electron chi connectivity index (χ2n) is 9.41. The first-order chi connectivity index (χ1) is 17.5. The number of rotatable bonds is 10. The molecule has 0 fully saturated rings. The van der Waals surface area contributed by atoms with Crippen molar-refractivity contribution in [2.75, 3.05) is 45.8 Å². The van der Waals surface area contributed by atoms with Gasteiger partial charge in [-0.15, -0.1) is 0 Å². The van der Waals surface area contributed by atoms with Crippen molar-refractivity contribution < 1.29 is 0 Å². The standard InChI is InChI=1S/C29H36N6O/c1-6-32(7-2)16-18-34-20(5)21-14-15-24-26-25(21)27(30-34)22-12-10-11-13-23(22)28(26)31-35(29(24)36)19-17-33(8-3)9-4/h10-15H,5-9,16-19H2,1-4H3. The first-order valence-corrected chi connectivity index (χ1v) is 13.2. The average Bonchev–Trinajstić information content (AvgIpc) is 2.91. The van der Waals surface area contributed by atoms with Gasteiger partial charge in [0.15, 0.2) is 0 Å². The Labute approximate surface area is 212 Å². The molecule has 4 aromatic rings. The highest BCUT2D eigenvalue weighted by molar-refractivity contribution is 6.21. The molecule has 0 spiro atoms. The third kappa shape index (κ3) is 3.96. The third-order valence-electron chi connectivity index (χ3n) is 7.69. The van der Waals surface area contributed by atoms with Gasteiger partial charge in [0.2, 0.25) is 0 Å². The van der Waals surface area contributed by atoms with Crippen LogP contribution in [0.15, 0.2) is 52.9 Å². The summed E-state index contributed by atoms with van der Waals surface area (Å²) in [7, 11) is 0. The van der Waals surface area contributed by atoms with Crippen molar-refractivity contribution in [1.29, 1.82) is 0 Å². The molecule has 3 aromatic carbocycles. The minimum Gasteiger partial charge on any atom is -0.302 e. The lowest BCUT2D eigenvalue weighted by Crippen LogP contribution is -2.35. The van der Waals surface area contributed by atoms with Crippen LogP contribution in [-0.2, 0) is 6.54 Å². The Morgan fingerprint density at radius 1 is 0.806 bits per heavy atom. The van der Waals surface area contributed by atoms with Crippen molar-refractivity contribution in [3.63, 3.8) is 0 Å². The highest BCUT2D eigenvalue weighted by atomic mass is 16.1. The quantitative estimate of drug-likeness (QED) is 0.252. The van der Waals surface area contributed by atoms with Crippen LogP contribution in [0.25, 0.3) is 38.1 Å². The number of hydrogen-bond acceptors (Lipinski definition) is 6. The number of fused-ring (bicyclic) bond motifs is 3. The van der Waals surface area contributed by atoms with Gasteiger partial charge in [-0.25, -0.2) is 4.68 Å². The normalized spacial score (nSPS) is 13.6. The zero-order valence-electron chi connectivity index (χ0n) is 21.9. The third-order valence-corrected chi connectivity index (χ3v) is 7.69. The first kappa shape index (κ1) is 24.4. The molecule has 1 aromatic heterocycles. The molecular formula is C29H36N6O. The smallest absolute Gasteiger partial charge is 0.274 e. The molecule has 1 aliphatic heterocycles. The Kier molecular flexibility index (Phi) is 6.77. The van der Waals surface area contributed by atoms with Crippen LogP contribution in [0.1, 0.15) is 33.3 Å². The van der Waals surface area contributed by atoms with Gasteiger partial charge >= 0.3 is 0 Å². The van der Waals surface area contributed by atoms with E-state index < -0.39 is 0 Å². The molecule has 188 valence electrons. The number of aromatic nitrogens is 2. The van der Waals surface area contributed by atoms with Crippen molar-refractivity contribution in [3.05, 3.63) is 64.3 Å². The molecule has 0 atom stereocenters. The molecule has 1 aliphatic rings. The zero-order chi connectivity index (χ0) is 25.4. The molecule has 0 saturated carbocycles. The molecule has 36 heavy (non-hydrogen) atoms. The lowest BCUT2D eigenvalue weighted by atomic mass is 9.93. The SMILES string of the molecule is C=C1c2ccc3c(=O)n(CCN(CC)CC)nc4c5ccccc5c(c2c34)=NN1CCN(CC)CC. The second-order valence-corrected chi connectivity index (χ2v) is 9.41. The van der Waals surface area contributed by atoms with Gasteiger partial charge in [-0.1, -0.05) is 64.6 Å². The van der Waals surface area contributed by atoms with Crippen molar-refractivity contribution in [2.45, 2.75) is 34.2 Å². The van der Waals surface area contributed by atoms with Crippen LogP contribution in [0.3, 0.4) is 0 Å². The fraction of sp³-hybridized carbons (Fsp3) is 0.414. The van der Waals surface area contributed by atoms with Gasteiger partial charge in [0, 0.05) is 40.2 Å². The predicted molar refractivity (Wildman–Crippen MR) is 149 cm³/mol. The number of nitrogens with zero attached hydrogens (tertiary/aromatic N) is 6. The fourth-order valence-corrected chi connectivity index (χ4v) is 5.40. The van der Waals surface area contributed by atoms with Crippen LogP contribution in [0.5, 0.6) is 0 Å². The molecule has 0 unspecified atom stereocenters. The Balaban J connectivity index is 1.74. The molecule has 7 nitrogen and oxygen atoms in total. The number of hydrogen-bond donors (Lipinski definition) is 0. The van der Waals surface area contributed by atoms with Crippen molar-refractivity contribution in [3.8, 4) is 0 Å². The molecule has 0 aliphatic carbocycles. The van der Waals surface area contributed by atoms with E-state index in [-0.39, 0.29) is 5.56 Å². The van der Waals surface area contributed by atoms with E-state index in [1.165, 1.54) is 0 Å². The van der Waals surface area contributed by atoms with Gasteiger partial charge < -0.3 is 9.80 Å². The van der Waals surface area contributed by atoms with Crippen LogP contribution in [0, 0.1) is 0 Å². The van der Waals surface area contributed by atoms with E-state index in [0.717, 1.165) is 89.5 Å². The van der Waals surface area contributed by atoms with Crippen LogP contribution in [0.2, 0.25) is 0 Å². The van der Waals surface area contributed by atoms with Gasteiger partial charge in [0.1, 0.15) is 10.9 Å². The Hall–Kier alpha value is -3.29. The molecule has 0 bridgehead atoms. The van der Waals surface area contributed by atoms with Crippen LogP contribution >= 0.6 is 0 Å². The fourth-order valence-electron chi connectivity index (χ4n) is 5.40. The van der Waals surface area contributed by atoms with E-state index >= 15 is 0 Å². The lowest BCUT2D eigenvalue weighted by Gasteiger charge is -2.29. The van der Waals surface area contributed by atoms with Gasteiger partial charge in [-0.05, 0) is 32.2 Å². The monoisotopic (exact) mass is 484 g/mol.